The van der Waals surface area contributed by atoms with E-state index in [1.54, 1.807) is 19.1 Å². The Kier molecular flexibility index (Phi) is 5.92. The molecule has 0 aliphatic carbocycles. The lowest BCUT2D eigenvalue weighted by atomic mass is 10.1. The summed E-state index contributed by atoms with van der Waals surface area (Å²) in [6.07, 6.45) is 0.540. The second-order valence-electron chi connectivity index (χ2n) is 6.16. The van der Waals surface area contributed by atoms with Crippen molar-refractivity contribution in [1.82, 2.24) is 10.2 Å². The average Bonchev–Trinajstić information content (AvgIpc) is 3.32. The van der Waals surface area contributed by atoms with E-state index in [0.717, 1.165) is 5.56 Å². The number of ether oxygens (including phenoxy) is 1. The van der Waals surface area contributed by atoms with E-state index in [1.165, 1.54) is 29.2 Å². The van der Waals surface area contributed by atoms with E-state index in [9.17, 15) is 9.18 Å². The molecule has 148 valence electrons. The summed E-state index contributed by atoms with van der Waals surface area (Å²) >= 11 is 2.51. The first-order valence-corrected chi connectivity index (χ1v) is 10.8. The average molecular weight is 429 g/mol. The van der Waals surface area contributed by atoms with Gasteiger partial charge in [0, 0.05) is 15.8 Å². The summed E-state index contributed by atoms with van der Waals surface area (Å²) < 4.78 is 26.0. The van der Waals surface area contributed by atoms with E-state index in [4.69, 9.17) is 9.15 Å². The summed E-state index contributed by atoms with van der Waals surface area (Å²) in [6.45, 7) is 2.00. The van der Waals surface area contributed by atoms with Crippen LogP contribution in [0.1, 0.15) is 33.6 Å². The van der Waals surface area contributed by atoms with E-state index >= 15 is 0 Å². The van der Waals surface area contributed by atoms with Crippen LogP contribution in [-0.2, 0) is 16.9 Å². The second-order valence-corrected chi connectivity index (χ2v) is 8.13. The minimum atomic E-state index is -0.445. The van der Waals surface area contributed by atoms with Gasteiger partial charge < -0.3 is 9.15 Å². The molecule has 2 aromatic carbocycles. The lowest BCUT2D eigenvalue weighted by molar-refractivity contribution is 0.0531. The van der Waals surface area contributed by atoms with E-state index in [2.05, 4.69) is 10.2 Å². The predicted octanol–water partition coefficient (Wildman–Crippen LogP) is 5.48. The molecular weight excluding hydrogens is 411 g/mol. The zero-order valence-electron chi connectivity index (χ0n) is 15.6. The van der Waals surface area contributed by atoms with Crippen LogP contribution < -0.4 is 0 Å². The zero-order valence-corrected chi connectivity index (χ0v) is 17.2. The summed E-state index contributed by atoms with van der Waals surface area (Å²) in [6, 6.07) is 14.7. The molecule has 0 fully saturated rings. The van der Waals surface area contributed by atoms with Crippen LogP contribution in [0.4, 0.5) is 4.39 Å². The van der Waals surface area contributed by atoms with Gasteiger partial charge in [-0.2, -0.15) is 0 Å². The minimum Gasteiger partial charge on any atom is -0.462 e. The number of rotatable bonds is 7. The molecule has 0 spiro atoms. The number of fused-ring (bicyclic) bond motifs is 1. The van der Waals surface area contributed by atoms with Crippen molar-refractivity contribution in [1.29, 1.82) is 0 Å². The number of halogens is 1. The van der Waals surface area contributed by atoms with Crippen molar-refractivity contribution < 1.29 is 18.3 Å². The van der Waals surface area contributed by atoms with Crippen LogP contribution in [0.5, 0.6) is 0 Å². The normalized spacial score (nSPS) is 11.1. The summed E-state index contributed by atoms with van der Waals surface area (Å²) in [5.41, 5.74) is 1.66. The van der Waals surface area contributed by atoms with Crippen LogP contribution in [0, 0.1) is 5.82 Å². The van der Waals surface area contributed by atoms with Crippen LogP contribution >= 0.6 is 23.1 Å². The van der Waals surface area contributed by atoms with Crippen molar-refractivity contribution in [3.63, 3.8) is 0 Å². The molecule has 0 N–H and O–H groups in total. The Hall–Kier alpha value is -2.71. The maximum atomic E-state index is 14.5. The van der Waals surface area contributed by atoms with Gasteiger partial charge in [0.2, 0.25) is 5.89 Å². The summed E-state index contributed by atoms with van der Waals surface area (Å²) in [5, 5.41) is 8.96. The first kappa shape index (κ1) is 19.6. The Morgan fingerprint density at radius 1 is 1.17 bits per heavy atom. The van der Waals surface area contributed by atoms with Gasteiger partial charge in [-0.05, 0) is 30.2 Å². The van der Waals surface area contributed by atoms with Crippen LogP contribution in [-0.4, -0.2) is 22.8 Å². The van der Waals surface area contributed by atoms with Crippen molar-refractivity contribution in [2.45, 2.75) is 24.3 Å². The minimum absolute atomic E-state index is 0.259. The highest BCUT2D eigenvalue weighted by Crippen LogP contribution is 2.37. The first-order chi connectivity index (χ1) is 14.2. The Morgan fingerprint density at radius 2 is 2.00 bits per heavy atom. The third-order valence-electron chi connectivity index (χ3n) is 4.21. The van der Waals surface area contributed by atoms with Crippen LogP contribution in [0.15, 0.2) is 58.2 Å². The highest BCUT2D eigenvalue weighted by Gasteiger charge is 2.22. The van der Waals surface area contributed by atoms with Gasteiger partial charge in [0.05, 0.1) is 13.0 Å². The number of hydrogen-bond donors (Lipinski definition) is 0. The molecule has 2 aromatic heterocycles. The van der Waals surface area contributed by atoms with Crippen LogP contribution in [0.2, 0.25) is 0 Å². The van der Waals surface area contributed by atoms with E-state index in [-0.39, 0.29) is 12.4 Å². The van der Waals surface area contributed by atoms with Crippen LogP contribution in [0.3, 0.4) is 0 Å². The Balaban J connectivity index is 1.56. The molecular formula is C21H17FN2O3S2. The highest BCUT2D eigenvalue weighted by molar-refractivity contribution is 7.98. The van der Waals surface area contributed by atoms with Gasteiger partial charge in [0.1, 0.15) is 10.7 Å². The molecule has 29 heavy (non-hydrogen) atoms. The smallest absolute Gasteiger partial charge is 0.348 e. The molecule has 0 aliphatic heterocycles. The Bertz CT molecular complexity index is 1140. The fourth-order valence-electron chi connectivity index (χ4n) is 2.94. The van der Waals surface area contributed by atoms with Crippen molar-refractivity contribution in [2.24, 2.45) is 0 Å². The number of thioether (sulfide) groups is 1. The zero-order chi connectivity index (χ0) is 20.2. The molecule has 0 aliphatic rings. The van der Waals surface area contributed by atoms with Gasteiger partial charge in [-0.1, -0.05) is 48.2 Å². The maximum absolute atomic E-state index is 14.5. The van der Waals surface area contributed by atoms with Crippen molar-refractivity contribution >= 4 is 39.2 Å². The molecule has 0 saturated heterocycles. The number of nitrogens with zero attached hydrogens (tertiary/aromatic N) is 2. The van der Waals surface area contributed by atoms with Gasteiger partial charge in [-0.3, -0.25) is 0 Å². The number of thiophene rings is 1. The number of carbonyl (C=O) groups excluding carboxylic acids is 1. The molecule has 5 nitrogen and oxygen atoms in total. The number of benzene rings is 2. The van der Waals surface area contributed by atoms with Gasteiger partial charge >= 0.3 is 5.97 Å². The largest absolute Gasteiger partial charge is 0.462 e. The molecule has 4 rings (SSSR count). The molecule has 8 heteroatoms. The molecule has 4 aromatic rings. The SMILES string of the molecule is CCOC(=O)c1sc2cccc(F)c2c1CSc1nnc(Cc2ccccc2)o1. The van der Waals surface area contributed by atoms with Gasteiger partial charge in [0.15, 0.2) is 0 Å². The van der Waals surface area contributed by atoms with Crippen molar-refractivity contribution in [2.75, 3.05) is 6.61 Å². The monoisotopic (exact) mass is 428 g/mol. The number of aromatic nitrogens is 2. The predicted molar refractivity (Wildman–Crippen MR) is 111 cm³/mol. The van der Waals surface area contributed by atoms with E-state index in [1.807, 2.05) is 30.3 Å². The molecule has 0 amide bonds. The number of esters is 1. The quantitative estimate of drug-likeness (QED) is 0.287. The van der Waals surface area contributed by atoms with Gasteiger partial charge in [-0.15, -0.1) is 21.5 Å². The highest BCUT2D eigenvalue weighted by atomic mass is 32.2. The molecule has 0 bridgehead atoms. The second kappa shape index (κ2) is 8.75. The summed E-state index contributed by atoms with van der Waals surface area (Å²) in [4.78, 5) is 12.8. The van der Waals surface area contributed by atoms with Crippen molar-refractivity contribution in [3.05, 3.63) is 76.2 Å². The van der Waals surface area contributed by atoms with Crippen LogP contribution in [0.25, 0.3) is 10.1 Å². The van der Waals surface area contributed by atoms with Gasteiger partial charge in [0.25, 0.3) is 5.22 Å². The molecule has 0 radical (unpaired) electrons. The number of hydrogen-bond acceptors (Lipinski definition) is 7. The molecule has 0 atom stereocenters. The Morgan fingerprint density at radius 3 is 2.79 bits per heavy atom. The standard InChI is InChI=1S/C21H17FN2O3S2/c1-2-26-20(25)19-14(18-15(22)9-6-10-16(18)29-19)12-28-21-24-23-17(27-21)11-13-7-4-3-5-8-13/h3-10H,2,11-12H2,1H3. The first-order valence-electron chi connectivity index (χ1n) is 9.01. The third kappa shape index (κ3) is 4.33. The molecule has 0 saturated carbocycles. The fourth-order valence-corrected chi connectivity index (χ4v) is 4.97. The van der Waals surface area contributed by atoms with E-state index < -0.39 is 5.97 Å². The van der Waals surface area contributed by atoms with Crippen molar-refractivity contribution in [3.8, 4) is 0 Å². The summed E-state index contributed by atoms with van der Waals surface area (Å²) in [5.74, 6) is 0.0204. The lowest BCUT2D eigenvalue weighted by Crippen LogP contribution is -2.05. The summed E-state index contributed by atoms with van der Waals surface area (Å²) in [7, 11) is 0. The Labute approximate surface area is 174 Å². The molecule has 2 heterocycles. The van der Waals surface area contributed by atoms with Gasteiger partial charge in [-0.25, -0.2) is 9.18 Å². The lowest BCUT2D eigenvalue weighted by Gasteiger charge is -2.03. The topological polar surface area (TPSA) is 65.2 Å². The third-order valence-corrected chi connectivity index (χ3v) is 6.23. The molecule has 0 unspecified atom stereocenters. The fraction of sp³-hybridized carbons (Fsp3) is 0.190. The maximum Gasteiger partial charge on any atom is 0.348 e. The van der Waals surface area contributed by atoms with E-state index in [0.29, 0.717) is 43.8 Å². The number of carbonyl (C=O) groups is 1.